The van der Waals surface area contributed by atoms with Crippen LogP contribution in [0.2, 0.25) is 0 Å². The summed E-state index contributed by atoms with van der Waals surface area (Å²) in [6.07, 6.45) is 3.22. The number of hydrogen-bond acceptors (Lipinski definition) is 4. The van der Waals surface area contributed by atoms with Crippen LogP contribution in [-0.2, 0) is 0 Å². The van der Waals surface area contributed by atoms with E-state index in [2.05, 4.69) is 4.98 Å². The standard InChI is InChI=1S/C18H20N2O4/c1-23-12-7-8-16(24-2)14(11-12)15-6-4-10-20(15)18(22)13-5-3-9-19-17(13)21/h3,5,7-9,11,15H,4,6,10H2,1-2H3,(H,19,21). The predicted molar refractivity (Wildman–Crippen MR) is 89.6 cm³/mol. The first-order chi connectivity index (χ1) is 11.7. The van der Waals surface area contributed by atoms with Gasteiger partial charge in [0.25, 0.3) is 11.5 Å². The SMILES string of the molecule is COc1ccc(OC)c(C2CCCN2C(=O)c2ccc[nH]c2=O)c1. The van der Waals surface area contributed by atoms with Crippen LogP contribution in [0.4, 0.5) is 0 Å². The third kappa shape index (κ3) is 2.87. The first-order valence-electron chi connectivity index (χ1n) is 7.86. The number of aromatic nitrogens is 1. The Labute approximate surface area is 140 Å². The Balaban J connectivity index is 1.98. The molecule has 6 heteroatoms. The third-order valence-electron chi connectivity index (χ3n) is 4.36. The molecule has 1 aliphatic heterocycles. The minimum absolute atomic E-state index is 0.137. The summed E-state index contributed by atoms with van der Waals surface area (Å²) in [5.41, 5.74) is 0.687. The Hall–Kier alpha value is -2.76. The number of methoxy groups -OCH3 is 2. The van der Waals surface area contributed by atoms with Crippen molar-refractivity contribution in [3.8, 4) is 11.5 Å². The molecule has 0 radical (unpaired) electrons. The number of benzene rings is 1. The molecule has 1 N–H and O–H groups in total. The average molecular weight is 328 g/mol. The van der Waals surface area contributed by atoms with E-state index in [1.54, 1.807) is 31.3 Å². The highest BCUT2D eigenvalue weighted by Gasteiger charge is 2.33. The van der Waals surface area contributed by atoms with Crippen molar-refractivity contribution >= 4 is 5.91 Å². The molecule has 1 aliphatic rings. The van der Waals surface area contributed by atoms with Gasteiger partial charge < -0.3 is 19.4 Å². The fourth-order valence-electron chi connectivity index (χ4n) is 3.18. The van der Waals surface area contributed by atoms with Gasteiger partial charge in [0.1, 0.15) is 17.1 Å². The molecule has 6 nitrogen and oxygen atoms in total. The number of carbonyl (C=O) groups is 1. The van der Waals surface area contributed by atoms with Crippen LogP contribution in [0.15, 0.2) is 41.3 Å². The number of pyridine rings is 1. The maximum Gasteiger partial charge on any atom is 0.260 e. The summed E-state index contributed by atoms with van der Waals surface area (Å²) in [5.74, 6) is 1.16. The lowest BCUT2D eigenvalue weighted by Crippen LogP contribution is -2.34. The number of nitrogens with zero attached hydrogens (tertiary/aromatic N) is 1. The van der Waals surface area contributed by atoms with Gasteiger partial charge in [-0.15, -0.1) is 0 Å². The lowest BCUT2D eigenvalue weighted by atomic mass is 10.0. The maximum atomic E-state index is 12.8. The summed E-state index contributed by atoms with van der Waals surface area (Å²) in [6.45, 7) is 0.609. The Morgan fingerprint density at radius 3 is 2.79 bits per heavy atom. The van der Waals surface area contributed by atoms with E-state index in [1.807, 2.05) is 18.2 Å². The Morgan fingerprint density at radius 2 is 2.08 bits per heavy atom. The molecule has 0 saturated carbocycles. The van der Waals surface area contributed by atoms with Gasteiger partial charge in [0.05, 0.1) is 20.3 Å². The second-order valence-corrected chi connectivity index (χ2v) is 5.68. The molecule has 1 unspecified atom stereocenters. The van der Waals surface area contributed by atoms with Crippen LogP contribution in [0.3, 0.4) is 0 Å². The van der Waals surface area contributed by atoms with Crippen LogP contribution >= 0.6 is 0 Å². The lowest BCUT2D eigenvalue weighted by molar-refractivity contribution is 0.0732. The van der Waals surface area contributed by atoms with Crippen molar-refractivity contribution in [2.45, 2.75) is 18.9 Å². The molecule has 1 saturated heterocycles. The molecule has 1 amide bonds. The highest BCUT2D eigenvalue weighted by molar-refractivity contribution is 5.94. The van der Waals surface area contributed by atoms with E-state index in [9.17, 15) is 9.59 Å². The first kappa shape index (κ1) is 16.1. The summed E-state index contributed by atoms with van der Waals surface area (Å²) in [6, 6.07) is 8.63. The second kappa shape index (κ2) is 6.78. The van der Waals surface area contributed by atoms with Crippen LogP contribution in [-0.4, -0.2) is 36.6 Å². The summed E-state index contributed by atoms with van der Waals surface area (Å²) >= 11 is 0. The van der Waals surface area contributed by atoms with Crippen LogP contribution in [0.5, 0.6) is 11.5 Å². The molecule has 3 rings (SSSR count). The lowest BCUT2D eigenvalue weighted by Gasteiger charge is -2.26. The number of rotatable bonds is 4. The highest BCUT2D eigenvalue weighted by atomic mass is 16.5. The van der Waals surface area contributed by atoms with Gasteiger partial charge in [-0.2, -0.15) is 0 Å². The number of likely N-dealkylation sites (tertiary alicyclic amines) is 1. The van der Waals surface area contributed by atoms with Gasteiger partial charge in [0.2, 0.25) is 0 Å². The molecule has 1 atom stereocenters. The Morgan fingerprint density at radius 1 is 1.25 bits per heavy atom. The van der Waals surface area contributed by atoms with Gasteiger partial charge in [0, 0.05) is 18.3 Å². The van der Waals surface area contributed by atoms with Gasteiger partial charge in [-0.25, -0.2) is 0 Å². The van der Waals surface area contributed by atoms with Gasteiger partial charge in [-0.1, -0.05) is 0 Å². The number of H-pyrrole nitrogens is 1. The maximum absolute atomic E-state index is 12.8. The molecule has 0 aliphatic carbocycles. The molecule has 1 aromatic heterocycles. The van der Waals surface area contributed by atoms with Gasteiger partial charge in [-0.05, 0) is 43.2 Å². The Kier molecular flexibility index (Phi) is 4.55. The molecule has 126 valence electrons. The fourth-order valence-corrected chi connectivity index (χ4v) is 3.18. The smallest absolute Gasteiger partial charge is 0.260 e. The summed E-state index contributed by atoms with van der Waals surface area (Å²) < 4.78 is 10.8. The van der Waals surface area contributed by atoms with Gasteiger partial charge in [0.15, 0.2) is 0 Å². The highest BCUT2D eigenvalue weighted by Crippen LogP contribution is 2.39. The van der Waals surface area contributed by atoms with E-state index in [-0.39, 0.29) is 23.1 Å². The molecule has 1 aromatic carbocycles. The number of nitrogens with one attached hydrogen (secondary N) is 1. The molecule has 0 bridgehead atoms. The van der Waals surface area contributed by atoms with Crippen LogP contribution in [0.1, 0.15) is 34.8 Å². The van der Waals surface area contributed by atoms with Crippen molar-refractivity contribution in [3.05, 3.63) is 58.0 Å². The van der Waals surface area contributed by atoms with E-state index in [4.69, 9.17) is 9.47 Å². The minimum atomic E-state index is -0.370. The zero-order valence-corrected chi connectivity index (χ0v) is 13.7. The van der Waals surface area contributed by atoms with Crippen LogP contribution in [0.25, 0.3) is 0 Å². The number of ether oxygens (including phenoxy) is 2. The van der Waals surface area contributed by atoms with E-state index in [1.165, 1.54) is 6.20 Å². The minimum Gasteiger partial charge on any atom is -0.497 e. The normalized spacial score (nSPS) is 16.9. The van der Waals surface area contributed by atoms with Crippen molar-refractivity contribution < 1.29 is 14.3 Å². The summed E-state index contributed by atoms with van der Waals surface area (Å²) in [4.78, 5) is 29.1. The number of hydrogen-bond donors (Lipinski definition) is 1. The second-order valence-electron chi connectivity index (χ2n) is 5.68. The van der Waals surface area contributed by atoms with Crippen molar-refractivity contribution in [3.63, 3.8) is 0 Å². The van der Waals surface area contributed by atoms with E-state index < -0.39 is 0 Å². The largest absolute Gasteiger partial charge is 0.497 e. The number of amides is 1. The van der Waals surface area contributed by atoms with Crippen molar-refractivity contribution in [1.82, 2.24) is 9.88 Å². The van der Waals surface area contributed by atoms with E-state index >= 15 is 0 Å². The predicted octanol–water partition coefficient (Wildman–Crippen LogP) is 2.37. The molecule has 2 aromatic rings. The third-order valence-corrected chi connectivity index (χ3v) is 4.36. The number of carbonyl (C=O) groups excluding carboxylic acids is 1. The molecule has 24 heavy (non-hydrogen) atoms. The molecule has 2 heterocycles. The zero-order valence-electron chi connectivity index (χ0n) is 13.7. The summed E-state index contributed by atoms with van der Waals surface area (Å²) in [7, 11) is 3.21. The van der Waals surface area contributed by atoms with Crippen molar-refractivity contribution in [1.29, 1.82) is 0 Å². The summed E-state index contributed by atoms with van der Waals surface area (Å²) in [5, 5.41) is 0. The van der Waals surface area contributed by atoms with Crippen LogP contribution < -0.4 is 15.0 Å². The van der Waals surface area contributed by atoms with Crippen molar-refractivity contribution in [2.75, 3.05) is 20.8 Å². The monoisotopic (exact) mass is 328 g/mol. The molecule has 0 spiro atoms. The molecule has 1 fully saturated rings. The van der Waals surface area contributed by atoms with Gasteiger partial charge in [-0.3, -0.25) is 9.59 Å². The quantitative estimate of drug-likeness (QED) is 0.935. The van der Waals surface area contributed by atoms with Crippen LogP contribution in [0, 0.1) is 0 Å². The number of aromatic amines is 1. The zero-order chi connectivity index (χ0) is 17.1. The molecular weight excluding hydrogens is 308 g/mol. The molecular formula is C18H20N2O4. The average Bonchev–Trinajstić information content (AvgIpc) is 3.10. The fraction of sp³-hybridized carbons (Fsp3) is 0.333. The van der Waals surface area contributed by atoms with E-state index in [0.29, 0.717) is 18.0 Å². The van der Waals surface area contributed by atoms with Gasteiger partial charge >= 0.3 is 0 Å². The van der Waals surface area contributed by atoms with Crippen molar-refractivity contribution in [2.24, 2.45) is 0 Å². The first-order valence-corrected chi connectivity index (χ1v) is 7.86. The van der Waals surface area contributed by atoms with E-state index in [0.717, 1.165) is 18.4 Å². The topological polar surface area (TPSA) is 71.6 Å². The Bertz CT molecular complexity index is 800.